The maximum atomic E-state index is 11.6. The van der Waals surface area contributed by atoms with Crippen LogP contribution in [0.4, 0.5) is 0 Å². The largest absolute Gasteiger partial charge is 0.303 e. The molecule has 0 spiro atoms. The molecule has 1 atom stereocenters. The van der Waals surface area contributed by atoms with E-state index in [-0.39, 0.29) is 11.5 Å². The summed E-state index contributed by atoms with van der Waals surface area (Å²) in [6.07, 6.45) is 3.76. The van der Waals surface area contributed by atoms with Gasteiger partial charge in [-0.15, -0.1) is 0 Å². The molecule has 0 saturated carbocycles. The highest BCUT2D eigenvalue weighted by Crippen LogP contribution is 2.07. The molecule has 1 rings (SSSR count). The Morgan fingerprint density at radius 2 is 2.00 bits per heavy atom. The van der Waals surface area contributed by atoms with Gasteiger partial charge in [-0.2, -0.15) is 0 Å². The maximum Gasteiger partial charge on any atom is 0.155 e. The van der Waals surface area contributed by atoms with Crippen LogP contribution in [0.15, 0.2) is 24.5 Å². The van der Waals surface area contributed by atoms with Crippen molar-refractivity contribution in [2.24, 2.45) is 5.92 Å². The van der Waals surface area contributed by atoms with Crippen molar-refractivity contribution in [3.63, 3.8) is 0 Å². The van der Waals surface area contributed by atoms with Crippen LogP contribution in [0.3, 0.4) is 0 Å². The van der Waals surface area contributed by atoms with Gasteiger partial charge in [0.1, 0.15) is 6.29 Å². The van der Waals surface area contributed by atoms with Crippen molar-refractivity contribution >= 4 is 16.1 Å². The zero-order valence-electron chi connectivity index (χ0n) is 8.46. The van der Waals surface area contributed by atoms with Crippen molar-refractivity contribution < 1.29 is 13.2 Å². The number of rotatable bonds is 5. The minimum Gasteiger partial charge on any atom is -0.303 e. The van der Waals surface area contributed by atoms with Crippen molar-refractivity contribution in [1.82, 2.24) is 4.98 Å². The smallest absolute Gasteiger partial charge is 0.155 e. The van der Waals surface area contributed by atoms with E-state index in [1.807, 2.05) is 0 Å². The first-order valence-corrected chi connectivity index (χ1v) is 6.40. The molecule has 0 amide bonds. The van der Waals surface area contributed by atoms with Gasteiger partial charge in [-0.05, 0) is 17.7 Å². The van der Waals surface area contributed by atoms with E-state index in [0.29, 0.717) is 11.8 Å². The lowest BCUT2D eigenvalue weighted by molar-refractivity contribution is -0.110. The zero-order valence-corrected chi connectivity index (χ0v) is 9.28. The van der Waals surface area contributed by atoms with Gasteiger partial charge in [0.25, 0.3) is 0 Å². The second kappa shape index (κ2) is 5.02. The van der Waals surface area contributed by atoms with Crippen molar-refractivity contribution in [1.29, 1.82) is 0 Å². The second-order valence-corrected chi connectivity index (χ2v) is 5.63. The first-order valence-electron chi connectivity index (χ1n) is 4.58. The van der Waals surface area contributed by atoms with Crippen LogP contribution >= 0.6 is 0 Å². The number of nitrogens with zero attached hydrogens (tertiary/aromatic N) is 1. The summed E-state index contributed by atoms with van der Waals surface area (Å²) in [5, 5.41) is 0. The number of aldehydes is 1. The highest BCUT2D eigenvalue weighted by atomic mass is 32.2. The van der Waals surface area contributed by atoms with Crippen molar-refractivity contribution in [3.05, 3.63) is 30.1 Å². The highest BCUT2D eigenvalue weighted by molar-refractivity contribution is 7.90. The Labute approximate surface area is 89.3 Å². The summed E-state index contributed by atoms with van der Waals surface area (Å²) >= 11 is 0. The topological polar surface area (TPSA) is 64.1 Å². The molecular weight excluding hydrogens is 214 g/mol. The van der Waals surface area contributed by atoms with E-state index in [2.05, 4.69) is 4.98 Å². The third-order valence-corrected chi connectivity index (χ3v) is 3.69. The summed E-state index contributed by atoms with van der Waals surface area (Å²) in [6.45, 7) is 1.59. The fourth-order valence-corrected chi connectivity index (χ4v) is 2.93. The van der Waals surface area contributed by atoms with E-state index < -0.39 is 15.8 Å². The standard InChI is InChI=1S/C10H13NO3S/c1-9(6-12)7-15(13,14)8-10-2-4-11-5-3-10/h2-6,9H,7-8H2,1H3/t9-/m1/s1. The molecule has 0 fully saturated rings. The molecule has 82 valence electrons. The molecule has 0 unspecified atom stereocenters. The first-order chi connectivity index (χ1) is 7.03. The zero-order chi connectivity index (χ0) is 11.3. The molecule has 0 aliphatic rings. The molecule has 0 bridgehead atoms. The fourth-order valence-electron chi connectivity index (χ4n) is 1.23. The first kappa shape index (κ1) is 11.8. The summed E-state index contributed by atoms with van der Waals surface area (Å²) < 4.78 is 23.2. The molecule has 0 aromatic carbocycles. The Balaban J connectivity index is 2.69. The van der Waals surface area contributed by atoms with Gasteiger partial charge in [0.15, 0.2) is 9.84 Å². The summed E-state index contributed by atoms with van der Waals surface area (Å²) in [5.74, 6) is -0.580. The van der Waals surface area contributed by atoms with Crippen molar-refractivity contribution in [2.45, 2.75) is 12.7 Å². The predicted molar refractivity (Wildman–Crippen MR) is 57.0 cm³/mol. The SMILES string of the molecule is C[C@H](C=O)CS(=O)(=O)Cc1ccncc1. The number of carbonyl (C=O) groups excluding carboxylic acids is 1. The van der Waals surface area contributed by atoms with Crippen LogP contribution in [-0.4, -0.2) is 25.4 Å². The van der Waals surface area contributed by atoms with Crippen LogP contribution in [0.2, 0.25) is 0 Å². The molecule has 0 aliphatic heterocycles. The van der Waals surface area contributed by atoms with Crippen LogP contribution in [0, 0.1) is 5.92 Å². The van der Waals surface area contributed by atoms with Crippen LogP contribution in [0.1, 0.15) is 12.5 Å². The van der Waals surface area contributed by atoms with Gasteiger partial charge >= 0.3 is 0 Å². The Kier molecular flexibility index (Phi) is 3.96. The Hall–Kier alpha value is -1.23. The molecule has 5 heteroatoms. The van der Waals surface area contributed by atoms with Gasteiger partial charge in [-0.1, -0.05) is 6.92 Å². The number of hydrogen-bond donors (Lipinski definition) is 0. The summed E-state index contributed by atoms with van der Waals surface area (Å²) in [5.41, 5.74) is 0.697. The molecule has 0 saturated heterocycles. The lowest BCUT2D eigenvalue weighted by Gasteiger charge is -2.05. The highest BCUT2D eigenvalue weighted by Gasteiger charge is 2.15. The maximum absolute atomic E-state index is 11.6. The van der Waals surface area contributed by atoms with Crippen LogP contribution in [-0.2, 0) is 20.4 Å². The third-order valence-electron chi connectivity index (χ3n) is 1.89. The van der Waals surface area contributed by atoms with Gasteiger partial charge in [0, 0.05) is 18.3 Å². The van der Waals surface area contributed by atoms with Crippen LogP contribution in [0.5, 0.6) is 0 Å². The molecule has 15 heavy (non-hydrogen) atoms. The average molecular weight is 227 g/mol. The lowest BCUT2D eigenvalue weighted by atomic mass is 10.3. The average Bonchev–Trinajstić information content (AvgIpc) is 2.17. The van der Waals surface area contributed by atoms with Crippen LogP contribution < -0.4 is 0 Å². The molecule has 1 aromatic heterocycles. The monoisotopic (exact) mass is 227 g/mol. The number of hydrogen-bond acceptors (Lipinski definition) is 4. The van der Waals surface area contributed by atoms with E-state index in [1.165, 1.54) is 0 Å². The quantitative estimate of drug-likeness (QED) is 0.699. The summed E-state index contributed by atoms with van der Waals surface area (Å²) in [6, 6.07) is 3.31. The Morgan fingerprint density at radius 3 is 2.53 bits per heavy atom. The van der Waals surface area contributed by atoms with Gasteiger partial charge in [-0.3, -0.25) is 4.98 Å². The molecule has 0 radical (unpaired) electrons. The molecule has 4 nitrogen and oxygen atoms in total. The third kappa shape index (κ3) is 4.20. The normalized spacial score (nSPS) is 13.4. The van der Waals surface area contributed by atoms with Crippen molar-refractivity contribution in [2.75, 3.05) is 5.75 Å². The molecular formula is C10H13NO3S. The van der Waals surface area contributed by atoms with Crippen molar-refractivity contribution in [3.8, 4) is 0 Å². The molecule has 0 N–H and O–H groups in total. The molecule has 1 heterocycles. The Bertz CT molecular complexity index is 414. The number of aromatic nitrogens is 1. The summed E-state index contributed by atoms with van der Waals surface area (Å²) in [7, 11) is -3.20. The van der Waals surface area contributed by atoms with E-state index in [1.54, 1.807) is 31.5 Å². The lowest BCUT2D eigenvalue weighted by Crippen LogP contribution is -2.16. The van der Waals surface area contributed by atoms with Crippen LogP contribution in [0.25, 0.3) is 0 Å². The molecule has 0 aliphatic carbocycles. The number of pyridine rings is 1. The minimum absolute atomic E-state index is 0.0340. The summed E-state index contributed by atoms with van der Waals surface area (Å²) in [4.78, 5) is 14.2. The Morgan fingerprint density at radius 1 is 1.40 bits per heavy atom. The molecule has 1 aromatic rings. The number of carbonyl (C=O) groups is 1. The van der Waals surface area contributed by atoms with Gasteiger partial charge < -0.3 is 4.79 Å². The predicted octanol–water partition coefficient (Wildman–Crippen LogP) is 0.831. The van der Waals surface area contributed by atoms with Gasteiger partial charge in [0.2, 0.25) is 0 Å². The van der Waals surface area contributed by atoms with Gasteiger partial charge in [-0.25, -0.2) is 8.42 Å². The fraction of sp³-hybridized carbons (Fsp3) is 0.400. The number of sulfone groups is 1. The second-order valence-electron chi connectivity index (χ2n) is 3.52. The van der Waals surface area contributed by atoms with E-state index >= 15 is 0 Å². The van der Waals surface area contributed by atoms with E-state index in [9.17, 15) is 13.2 Å². The van der Waals surface area contributed by atoms with E-state index in [4.69, 9.17) is 0 Å². The minimum atomic E-state index is -3.20. The van der Waals surface area contributed by atoms with Gasteiger partial charge in [0.05, 0.1) is 11.5 Å². The van der Waals surface area contributed by atoms with E-state index in [0.717, 1.165) is 0 Å².